The third-order valence-electron chi connectivity index (χ3n) is 1.64. The minimum Gasteiger partial charge on any atom is -0.384 e. The highest BCUT2D eigenvalue weighted by Crippen LogP contribution is 2.21. The molecule has 2 nitrogen and oxygen atoms in total. The van der Waals surface area contributed by atoms with E-state index in [1.54, 1.807) is 24.3 Å². The van der Waals surface area contributed by atoms with E-state index in [1.165, 1.54) is 0 Å². The fourth-order valence-corrected chi connectivity index (χ4v) is 1.20. The molecule has 0 aromatic heterocycles. The van der Waals surface area contributed by atoms with Gasteiger partial charge in [-0.05, 0) is 17.9 Å². The van der Waals surface area contributed by atoms with Crippen molar-refractivity contribution in [3.8, 4) is 23.7 Å². The number of aliphatic hydroxyl groups excluding tert-OH is 2. The lowest BCUT2D eigenvalue weighted by Crippen LogP contribution is -1.94. The molecule has 0 aliphatic rings. The van der Waals surface area contributed by atoms with Gasteiger partial charge in [0, 0.05) is 10.6 Å². The van der Waals surface area contributed by atoms with Gasteiger partial charge in [-0.15, -0.1) is 0 Å². The number of benzene rings is 1. The molecule has 1 atom stereocenters. The number of aliphatic hydroxyl groups is 2. The second-order valence-corrected chi connectivity index (χ2v) is 3.06. The van der Waals surface area contributed by atoms with E-state index in [2.05, 4.69) is 23.7 Å². The van der Waals surface area contributed by atoms with E-state index in [9.17, 15) is 5.11 Å². The zero-order chi connectivity index (χ0) is 11.1. The minimum absolute atomic E-state index is 0.239. The van der Waals surface area contributed by atoms with Crippen molar-refractivity contribution in [2.24, 2.45) is 0 Å². The van der Waals surface area contributed by atoms with E-state index in [-0.39, 0.29) is 6.61 Å². The van der Waals surface area contributed by atoms with Crippen molar-refractivity contribution in [3.05, 3.63) is 34.9 Å². The van der Waals surface area contributed by atoms with Crippen molar-refractivity contribution in [2.75, 3.05) is 6.61 Å². The summed E-state index contributed by atoms with van der Waals surface area (Å²) in [6.07, 6.45) is -0.952. The number of rotatable bonds is 1. The van der Waals surface area contributed by atoms with Crippen LogP contribution >= 0.6 is 11.6 Å². The van der Waals surface area contributed by atoms with Gasteiger partial charge in [-0.25, -0.2) is 0 Å². The van der Waals surface area contributed by atoms with Gasteiger partial charge in [0.25, 0.3) is 0 Å². The Balaban J connectivity index is 2.80. The van der Waals surface area contributed by atoms with E-state index < -0.39 is 6.10 Å². The van der Waals surface area contributed by atoms with Gasteiger partial charge in [-0.2, -0.15) is 0 Å². The van der Waals surface area contributed by atoms with Gasteiger partial charge in [-0.1, -0.05) is 41.6 Å². The molecule has 1 aromatic carbocycles. The molecule has 0 spiro atoms. The summed E-state index contributed by atoms with van der Waals surface area (Å²) in [5.41, 5.74) is 0.553. The van der Waals surface area contributed by atoms with Crippen LogP contribution in [0.3, 0.4) is 0 Å². The van der Waals surface area contributed by atoms with E-state index in [1.807, 2.05) is 0 Å². The van der Waals surface area contributed by atoms with Crippen LogP contribution in [0.5, 0.6) is 0 Å². The van der Waals surface area contributed by atoms with Crippen molar-refractivity contribution < 1.29 is 10.2 Å². The molecule has 0 amide bonds. The van der Waals surface area contributed by atoms with Gasteiger partial charge >= 0.3 is 0 Å². The summed E-state index contributed by atoms with van der Waals surface area (Å²) in [7, 11) is 0. The molecular weight excluding hydrogens is 212 g/mol. The number of hydrogen-bond acceptors (Lipinski definition) is 2. The number of halogens is 1. The van der Waals surface area contributed by atoms with Crippen molar-refractivity contribution in [1.82, 2.24) is 0 Å². The van der Waals surface area contributed by atoms with Crippen molar-refractivity contribution in [1.29, 1.82) is 0 Å². The molecule has 2 N–H and O–H groups in total. The maximum Gasteiger partial charge on any atom is 0.142 e. The Labute approximate surface area is 93.5 Å². The predicted molar refractivity (Wildman–Crippen MR) is 59.0 cm³/mol. The average molecular weight is 221 g/mol. The predicted octanol–water partition coefficient (Wildman–Crippen LogP) is 1.37. The Kier molecular flexibility index (Phi) is 4.74. The zero-order valence-electron chi connectivity index (χ0n) is 7.87. The van der Waals surface area contributed by atoms with Gasteiger partial charge in [-0.3, -0.25) is 0 Å². The van der Waals surface area contributed by atoms with Gasteiger partial charge < -0.3 is 10.2 Å². The zero-order valence-corrected chi connectivity index (χ0v) is 8.62. The third kappa shape index (κ3) is 3.65. The summed E-state index contributed by atoms with van der Waals surface area (Å²) in [4.78, 5) is 0. The summed E-state index contributed by atoms with van der Waals surface area (Å²) in [6.45, 7) is -0.239. The van der Waals surface area contributed by atoms with Gasteiger partial charge in [0.2, 0.25) is 0 Å². The van der Waals surface area contributed by atoms with E-state index in [4.69, 9.17) is 16.7 Å². The molecule has 0 fully saturated rings. The summed E-state index contributed by atoms with van der Waals surface area (Å²) in [5.74, 6) is 9.69. The van der Waals surface area contributed by atoms with Crippen LogP contribution in [-0.4, -0.2) is 16.8 Å². The van der Waals surface area contributed by atoms with E-state index >= 15 is 0 Å². The van der Waals surface area contributed by atoms with E-state index in [0.717, 1.165) is 0 Å². The Hall–Kier alpha value is -1.45. The van der Waals surface area contributed by atoms with Crippen molar-refractivity contribution >= 4 is 11.6 Å². The summed E-state index contributed by atoms with van der Waals surface area (Å²) >= 11 is 5.86. The highest BCUT2D eigenvalue weighted by molar-refractivity contribution is 6.31. The van der Waals surface area contributed by atoms with Crippen LogP contribution in [-0.2, 0) is 0 Å². The van der Waals surface area contributed by atoms with E-state index in [0.29, 0.717) is 10.6 Å². The third-order valence-corrected chi connectivity index (χ3v) is 1.98. The monoisotopic (exact) mass is 220 g/mol. The Morgan fingerprint density at radius 2 is 2.00 bits per heavy atom. The largest absolute Gasteiger partial charge is 0.384 e. The second kappa shape index (κ2) is 6.11. The van der Waals surface area contributed by atoms with Crippen LogP contribution in [0.15, 0.2) is 24.3 Å². The summed E-state index contributed by atoms with van der Waals surface area (Å²) in [6, 6.07) is 6.92. The summed E-state index contributed by atoms with van der Waals surface area (Å²) in [5, 5.41) is 18.4. The lowest BCUT2D eigenvalue weighted by molar-refractivity contribution is 0.238. The van der Waals surface area contributed by atoms with Crippen LogP contribution < -0.4 is 0 Å². The molecular formula is C12H9ClO2. The first-order valence-corrected chi connectivity index (χ1v) is 4.65. The molecule has 1 aromatic rings. The Morgan fingerprint density at radius 1 is 1.27 bits per heavy atom. The normalized spacial score (nSPS) is 10.6. The molecule has 15 heavy (non-hydrogen) atoms. The lowest BCUT2D eigenvalue weighted by atomic mass is 10.1. The molecule has 0 aliphatic heterocycles. The first kappa shape index (κ1) is 11.6. The van der Waals surface area contributed by atoms with Crippen molar-refractivity contribution in [3.63, 3.8) is 0 Å². The minimum atomic E-state index is -0.952. The Morgan fingerprint density at radius 3 is 2.67 bits per heavy atom. The second-order valence-electron chi connectivity index (χ2n) is 2.65. The van der Waals surface area contributed by atoms with Crippen LogP contribution in [0.2, 0.25) is 5.02 Å². The molecule has 0 radical (unpaired) electrons. The first-order chi connectivity index (χ1) is 7.25. The standard InChI is InChI=1S/C12H9ClO2/c13-11-7-4-3-6-10(11)12(15)8-2-1-5-9-14/h3-4,6-7,12,14-15H,9H2. The molecule has 76 valence electrons. The fraction of sp³-hybridized carbons (Fsp3) is 0.167. The van der Waals surface area contributed by atoms with Gasteiger partial charge in [0.05, 0.1) is 0 Å². The summed E-state index contributed by atoms with van der Waals surface area (Å²) < 4.78 is 0. The molecule has 1 unspecified atom stereocenters. The van der Waals surface area contributed by atoms with Crippen LogP contribution in [0.25, 0.3) is 0 Å². The SMILES string of the molecule is OCC#CC#CC(O)c1ccccc1Cl. The highest BCUT2D eigenvalue weighted by Gasteiger charge is 2.06. The molecule has 0 bridgehead atoms. The molecule has 3 heteroatoms. The van der Waals surface area contributed by atoms with Crippen LogP contribution in [0.1, 0.15) is 11.7 Å². The molecule has 0 aliphatic carbocycles. The fourth-order valence-electron chi connectivity index (χ4n) is 0.963. The lowest BCUT2D eigenvalue weighted by Gasteiger charge is -2.04. The number of hydrogen-bond donors (Lipinski definition) is 2. The van der Waals surface area contributed by atoms with Crippen LogP contribution in [0.4, 0.5) is 0 Å². The topological polar surface area (TPSA) is 40.5 Å². The quantitative estimate of drug-likeness (QED) is 0.702. The molecule has 0 heterocycles. The van der Waals surface area contributed by atoms with Crippen molar-refractivity contribution in [2.45, 2.75) is 6.10 Å². The molecule has 1 rings (SSSR count). The Bertz CT molecular complexity index is 446. The van der Waals surface area contributed by atoms with Gasteiger partial charge in [0.15, 0.2) is 0 Å². The maximum atomic E-state index is 9.61. The van der Waals surface area contributed by atoms with Crippen LogP contribution in [0, 0.1) is 23.7 Å². The van der Waals surface area contributed by atoms with Gasteiger partial charge in [0.1, 0.15) is 12.7 Å². The smallest absolute Gasteiger partial charge is 0.142 e. The molecule has 0 saturated carbocycles. The molecule has 0 saturated heterocycles. The average Bonchev–Trinajstić information content (AvgIpc) is 2.25. The maximum absolute atomic E-state index is 9.61. The first-order valence-electron chi connectivity index (χ1n) is 4.27. The highest BCUT2D eigenvalue weighted by atomic mass is 35.5.